The maximum Gasteiger partial charge on any atom is 0.232 e. The van der Waals surface area contributed by atoms with E-state index in [0.717, 1.165) is 10.2 Å². The Morgan fingerprint density at radius 2 is 2.16 bits per heavy atom. The summed E-state index contributed by atoms with van der Waals surface area (Å²) in [6.45, 7) is 1.81. The van der Waals surface area contributed by atoms with Gasteiger partial charge in [0.25, 0.3) is 0 Å². The minimum absolute atomic E-state index is 0.138. The average Bonchev–Trinajstić information content (AvgIpc) is 2.72. The average molecular weight is 320 g/mol. The third kappa shape index (κ3) is 2.04. The first-order chi connectivity index (χ1) is 9.04. The zero-order chi connectivity index (χ0) is 13.6. The number of nitrogen functional groups attached to an aromatic ring is 1. The predicted octanol–water partition coefficient (Wildman–Crippen LogP) is 2.84. The lowest BCUT2D eigenvalue weighted by Gasteiger charge is -1.96. The standard InChI is InChI=1S/C13H10BrN3O2/c1-6-2-11(18)8(5-16-6)13-17-10-4-7(14)3-9(15)12(10)19-13/h2-5H,15H2,1H3,(H,16,18). The number of benzene rings is 1. The van der Waals surface area contributed by atoms with Gasteiger partial charge in [0.05, 0.1) is 5.69 Å². The highest BCUT2D eigenvalue weighted by atomic mass is 79.9. The van der Waals surface area contributed by atoms with Gasteiger partial charge in [-0.2, -0.15) is 0 Å². The predicted molar refractivity (Wildman–Crippen MR) is 76.9 cm³/mol. The summed E-state index contributed by atoms with van der Waals surface area (Å²) in [7, 11) is 0. The van der Waals surface area contributed by atoms with E-state index in [9.17, 15) is 4.79 Å². The summed E-state index contributed by atoms with van der Waals surface area (Å²) < 4.78 is 6.40. The fraction of sp³-hybridized carbons (Fsp3) is 0.0769. The summed E-state index contributed by atoms with van der Waals surface area (Å²) in [5.41, 5.74) is 8.47. The van der Waals surface area contributed by atoms with Crippen LogP contribution in [0.5, 0.6) is 0 Å². The third-order valence-electron chi connectivity index (χ3n) is 2.77. The molecule has 3 aromatic rings. The van der Waals surface area contributed by atoms with E-state index >= 15 is 0 Å². The normalized spacial score (nSPS) is 11.1. The second kappa shape index (κ2) is 4.24. The van der Waals surface area contributed by atoms with Crippen LogP contribution in [0.25, 0.3) is 22.6 Å². The van der Waals surface area contributed by atoms with Crippen LogP contribution in [0.15, 0.2) is 38.1 Å². The molecule has 0 aliphatic rings. The molecule has 0 atom stereocenters. The number of fused-ring (bicyclic) bond motifs is 1. The van der Waals surface area contributed by atoms with Gasteiger partial charge in [0.2, 0.25) is 5.89 Å². The van der Waals surface area contributed by atoms with Gasteiger partial charge in [0, 0.05) is 22.4 Å². The molecule has 0 unspecified atom stereocenters. The molecule has 2 aromatic heterocycles. The Hall–Kier alpha value is -2.08. The monoisotopic (exact) mass is 319 g/mol. The molecule has 0 radical (unpaired) electrons. The Bertz CT molecular complexity index is 836. The van der Waals surface area contributed by atoms with Gasteiger partial charge in [-0.25, -0.2) is 4.98 Å². The molecule has 0 aliphatic carbocycles. The summed E-state index contributed by atoms with van der Waals surface area (Å²) >= 11 is 3.34. The molecule has 3 N–H and O–H groups in total. The van der Waals surface area contributed by atoms with E-state index in [-0.39, 0.29) is 11.3 Å². The van der Waals surface area contributed by atoms with Gasteiger partial charge in [0.1, 0.15) is 11.1 Å². The number of nitrogens with one attached hydrogen (secondary N) is 1. The second-order valence-electron chi connectivity index (χ2n) is 4.26. The SMILES string of the molecule is Cc1cc(=O)c(-c2nc3cc(Br)cc(N)c3o2)c[nH]1. The molecule has 0 spiro atoms. The molecule has 0 saturated carbocycles. The molecular formula is C13H10BrN3O2. The number of nitrogens with zero attached hydrogens (tertiary/aromatic N) is 1. The van der Waals surface area contributed by atoms with Gasteiger partial charge in [0.15, 0.2) is 11.0 Å². The highest BCUT2D eigenvalue weighted by molar-refractivity contribution is 9.10. The number of rotatable bonds is 1. The number of hydrogen-bond acceptors (Lipinski definition) is 4. The first kappa shape index (κ1) is 12.0. The van der Waals surface area contributed by atoms with Crippen molar-refractivity contribution in [3.63, 3.8) is 0 Å². The van der Waals surface area contributed by atoms with Gasteiger partial charge in [-0.1, -0.05) is 15.9 Å². The fourth-order valence-electron chi connectivity index (χ4n) is 1.88. The van der Waals surface area contributed by atoms with Crippen molar-refractivity contribution in [1.82, 2.24) is 9.97 Å². The number of halogens is 1. The number of hydrogen-bond donors (Lipinski definition) is 2. The van der Waals surface area contributed by atoms with Crippen LogP contribution in [0.4, 0.5) is 5.69 Å². The summed E-state index contributed by atoms with van der Waals surface area (Å²) in [5.74, 6) is 0.265. The Morgan fingerprint density at radius 3 is 2.89 bits per heavy atom. The van der Waals surface area contributed by atoms with E-state index in [4.69, 9.17) is 10.2 Å². The van der Waals surface area contributed by atoms with Crippen molar-refractivity contribution in [2.45, 2.75) is 6.92 Å². The van der Waals surface area contributed by atoms with Crippen LogP contribution < -0.4 is 11.2 Å². The van der Waals surface area contributed by atoms with Crippen molar-refractivity contribution < 1.29 is 4.42 Å². The van der Waals surface area contributed by atoms with Crippen LogP contribution >= 0.6 is 15.9 Å². The van der Waals surface area contributed by atoms with Crippen molar-refractivity contribution in [3.05, 3.63) is 44.8 Å². The number of aromatic nitrogens is 2. The Balaban J connectivity index is 2.26. The van der Waals surface area contributed by atoms with Gasteiger partial charge in [-0.05, 0) is 19.1 Å². The van der Waals surface area contributed by atoms with Crippen LogP contribution in [0.1, 0.15) is 5.69 Å². The quantitative estimate of drug-likeness (QED) is 0.675. The molecular weight excluding hydrogens is 310 g/mol. The molecule has 3 rings (SSSR count). The topological polar surface area (TPSA) is 84.9 Å². The summed E-state index contributed by atoms with van der Waals surface area (Å²) in [4.78, 5) is 19.2. The van der Waals surface area contributed by atoms with E-state index in [1.165, 1.54) is 6.07 Å². The summed E-state index contributed by atoms with van der Waals surface area (Å²) in [6.07, 6.45) is 1.59. The molecule has 0 saturated heterocycles. The maximum absolute atomic E-state index is 11.9. The molecule has 0 bridgehead atoms. The highest BCUT2D eigenvalue weighted by Crippen LogP contribution is 2.29. The maximum atomic E-state index is 11.9. The number of aryl methyl sites for hydroxylation is 1. The molecule has 0 fully saturated rings. The number of nitrogens with two attached hydrogens (primary N) is 1. The van der Waals surface area contributed by atoms with Crippen LogP contribution in [0.2, 0.25) is 0 Å². The van der Waals surface area contributed by atoms with Crippen molar-refractivity contribution >= 4 is 32.7 Å². The molecule has 19 heavy (non-hydrogen) atoms. The first-order valence-corrected chi connectivity index (χ1v) is 6.39. The van der Waals surface area contributed by atoms with Crippen LogP contribution in [-0.4, -0.2) is 9.97 Å². The van der Waals surface area contributed by atoms with Crippen molar-refractivity contribution in [1.29, 1.82) is 0 Å². The Labute approximate surface area is 116 Å². The molecule has 0 amide bonds. The van der Waals surface area contributed by atoms with E-state index in [0.29, 0.717) is 22.4 Å². The largest absolute Gasteiger partial charge is 0.434 e. The lowest BCUT2D eigenvalue weighted by Crippen LogP contribution is -2.04. The number of pyridine rings is 1. The van der Waals surface area contributed by atoms with Gasteiger partial charge in [-0.15, -0.1) is 0 Å². The lowest BCUT2D eigenvalue weighted by molar-refractivity contribution is 0.620. The molecule has 1 aromatic carbocycles. The van der Waals surface area contributed by atoms with Gasteiger partial charge in [-0.3, -0.25) is 4.79 Å². The molecule has 2 heterocycles. The number of oxazole rings is 1. The number of H-pyrrole nitrogens is 1. The van der Waals surface area contributed by atoms with Crippen molar-refractivity contribution in [2.24, 2.45) is 0 Å². The van der Waals surface area contributed by atoms with Crippen LogP contribution in [0, 0.1) is 6.92 Å². The zero-order valence-electron chi connectivity index (χ0n) is 10.0. The van der Waals surface area contributed by atoms with Crippen molar-refractivity contribution in [3.8, 4) is 11.5 Å². The minimum atomic E-state index is -0.138. The summed E-state index contributed by atoms with van der Waals surface area (Å²) in [6, 6.07) is 5.03. The Kier molecular flexibility index (Phi) is 2.67. The van der Waals surface area contributed by atoms with E-state index in [2.05, 4.69) is 25.9 Å². The summed E-state index contributed by atoms with van der Waals surface area (Å²) in [5, 5.41) is 0. The first-order valence-electron chi connectivity index (χ1n) is 5.60. The lowest BCUT2D eigenvalue weighted by atomic mass is 10.2. The van der Waals surface area contributed by atoms with E-state index in [1.807, 2.05) is 6.92 Å². The highest BCUT2D eigenvalue weighted by Gasteiger charge is 2.14. The van der Waals surface area contributed by atoms with Crippen molar-refractivity contribution in [2.75, 3.05) is 5.73 Å². The fourth-order valence-corrected chi connectivity index (χ4v) is 2.34. The smallest absolute Gasteiger partial charge is 0.232 e. The number of aromatic amines is 1. The van der Waals surface area contributed by atoms with Crippen LogP contribution in [-0.2, 0) is 0 Å². The second-order valence-corrected chi connectivity index (χ2v) is 5.17. The zero-order valence-corrected chi connectivity index (χ0v) is 11.6. The minimum Gasteiger partial charge on any atom is -0.434 e. The molecule has 6 heteroatoms. The van der Waals surface area contributed by atoms with E-state index in [1.54, 1.807) is 18.3 Å². The van der Waals surface area contributed by atoms with Gasteiger partial charge < -0.3 is 15.1 Å². The third-order valence-corrected chi connectivity index (χ3v) is 3.23. The van der Waals surface area contributed by atoms with Gasteiger partial charge >= 0.3 is 0 Å². The van der Waals surface area contributed by atoms with Crippen LogP contribution in [0.3, 0.4) is 0 Å². The molecule has 96 valence electrons. The van der Waals surface area contributed by atoms with E-state index < -0.39 is 0 Å². The molecule has 5 nitrogen and oxygen atoms in total. The Morgan fingerprint density at radius 1 is 1.37 bits per heavy atom. The molecule has 0 aliphatic heterocycles. The number of anilines is 1.